The van der Waals surface area contributed by atoms with Crippen LogP contribution in [0.2, 0.25) is 0 Å². The SMILES string of the molecule is COCCN(CCOC)C(=O)Nc1ccc(-c2ccccc2)cc1. The monoisotopic (exact) mass is 328 g/mol. The molecular formula is C19H24N2O3. The predicted molar refractivity (Wildman–Crippen MR) is 96.2 cm³/mol. The molecule has 5 nitrogen and oxygen atoms in total. The van der Waals surface area contributed by atoms with Crippen LogP contribution >= 0.6 is 0 Å². The number of urea groups is 1. The number of rotatable bonds is 8. The van der Waals surface area contributed by atoms with E-state index in [0.717, 1.165) is 16.8 Å². The second-order valence-electron chi connectivity index (χ2n) is 5.35. The number of carbonyl (C=O) groups is 1. The topological polar surface area (TPSA) is 50.8 Å². The fourth-order valence-corrected chi connectivity index (χ4v) is 2.30. The van der Waals surface area contributed by atoms with Crippen molar-refractivity contribution in [3.05, 3.63) is 54.6 Å². The lowest BCUT2D eigenvalue weighted by molar-refractivity contribution is 0.127. The number of ether oxygens (including phenoxy) is 2. The van der Waals surface area contributed by atoms with Gasteiger partial charge in [-0.2, -0.15) is 0 Å². The lowest BCUT2D eigenvalue weighted by Gasteiger charge is -2.22. The molecule has 0 aliphatic carbocycles. The van der Waals surface area contributed by atoms with E-state index >= 15 is 0 Å². The number of hydrogen-bond donors (Lipinski definition) is 1. The molecule has 2 aromatic rings. The normalized spacial score (nSPS) is 10.4. The van der Waals surface area contributed by atoms with Crippen LogP contribution in [-0.4, -0.2) is 51.5 Å². The summed E-state index contributed by atoms with van der Waals surface area (Å²) in [5, 5.41) is 2.91. The number of nitrogens with one attached hydrogen (secondary N) is 1. The Hall–Kier alpha value is -2.37. The molecule has 0 radical (unpaired) electrons. The van der Waals surface area contributed by atoms with Gasteiger partial charge >= 0.3 is 6.03 Å². The first-order chi connectivity index (χ1) is 11.7. The van der Waals surface area contributed by atoms with E-state index in [4.69, 9.17) is 9.47 Å². The van der Waals surface area contributed by atoms with Gasteiger partial charge in [0.05, 0.1) is 13.2 Å². The Balaban J connectivity index is 1.99. The molecule has 0 saturated heterocycles. The van der Waals surface area contributed by atoms with E-state index in [-0.39, 0.29) is 6.03 Å². The van der Waals surface area contributed by atoms with Gasteiger partial charge in [-0.1, -0.05) is 42.5 Å². The van der Waals surface area contributed by atoms with Crippen LogP contribution < -0.4 is 5.32 Å². The fourth-order valence-electron chi connectivity index (χ4n) is 2.30. The van der Waals surface area contributed by atoms with Gasteiger partial charge in [-0.15, -0.1) is 0 Å². The van der Waals surface area contributed by atoms with E-state index in [0.29, 0.717) is 26.3 Å². The highest BCUT2D eigenvalue weighted by Gasteiger charge is 2.13. The van der Waals surface area contributed by atoms with Crippen molar-refractivity contribution in [1.82, 2.24) is 4.90 Å². The van der Waals surface area contributed by atoms with Crippen LogP contribution in [0.5, 0.6) is 0 Å². The van der Waals surface area contributed by atoms with Gasteiger partial charge in [0.1, 0.15) is 0 Å². The number of nitrogens with zero attached hydrogens (tertiary/aromatic N) is 1. The van der Waals surface area contributed by atoms with Crippen molar-refractivity contribution in [2.24, 2.45) is 0 Å². The summed E-state index contributed by atoms with van der Waals surface area (Å²) in [7, 11) is 3.24. The smallest absolute Gasteiger partial charge is 0.321 e. The van der Waals surface area contributed by atoms with Crippen molar-refractivity contribution in [2.75, 3.05) is 45.8 Å². The third-order valence-electron chi connectivity index (χ3n) is 3.66. The second-order valence-corrected chi connectivity index (χ2v) is 5.35. The Morgan fingerprint density at radius 2 is 1.42 bits per heavy atom. The zero-order valence-electron chi connectivity index (χ0n) is 14.2. The van der Waals surface area contributed by atoms with Gasteiger partial charge in [0.25, 0.3) is 0 Å². The van der Waals surface area contributed by atoms with E-state index in [2.05, 4.69) is 17.4 Å². The molecule has 0 fully saturated rings. The number of hydrogen-bond acceptors (Lipinski definition) is 3. The van der Waals surface area contributed by atoms with Gasteiger partial charge in [0, 0.05) is 33.0 Å². The Morgan fingerprint density at radius 3 is 1.96 bits per heavy atom. The lowest BCUT2D eigenvalue weighted by Crippen LogP contribution is -2.39. The molecule has 128 valence electrons. The number of methoxy groups -OCH3 is 2. The van der Waals surface area contributed by atoms with E-state index in [9.17, 15) is 4.79 Å². The molecule has 2 rings (SSSR count). The summed E-state index contributed by atoms with van der Waals surface area (Å²) >= 11 is 0. The molecule has 0 aliphatic rings. The second kappa shape index (κ2) is 9.70. The molecule has 0 saturated carbocycles. The fraction of sp³-hybridized carbons (Fsp3) is 0.316. The van der Waals surface area contributed by atoms with Crippen molar-refractivity contribution in [2.45, 2.75) is 0 Å². The zero-order valence-corrected chi connectivity index (χ0v) is 14.2. The van der Waals surface area contributed by atoms with Crippen LogP contribution in [-0.2, 0) is 9.47 Å². The summed E-state index contributed by atoms with van der Waals surface area (Å²) in [6, 6.07) is 17.8. The maximum absolute atomic E-state index is 12.4. The molecule has 0 aliphatic heterocycles. The van der Waals surface area contributed by atoms with Crippen molar-refractivity contribution in [1.29, 1.82) is 0 Å². The summed E-state index contributed by atoms with van der Waals surface area (Å²) in [5.41, 5.74) is 3.03. The minimum atomic E-state index is -0.156. The highest BCUT2D eigenvalue weighted by molar-refractivity contribution is 5.89. The molecule has 1 N–H and O–H groups in total. The highest BCUT2D eigenvalue weighted by Crippen LogP contribution is 2.21. The van der Waals surface area contributed by atoms with E-state index in [1.54, 1.807) is 19.1 Å². The van der Waals surface area contributed by atoms with Gasteiger partial charge in [-0.25, -0.2) is 4.79 Å². The van der Waals surface area contributed by atoms with E-state index < -0.39 is 0 Å². The quantitative estimate of drug-likeness (QED) is 0.807. The number of carbonyl (C=O) groups excluding carboxylic acids is 1. The molecule has 0 atom stereocenters. The largest absolute Gasteiger partial charge is 0.383 e. The van der Waals surface area contributed by atoms with Crippen LogP contribution in [0.1, 0.15) is 0 Å². The van der Waals surface area contributed by atoms with Crippen LogP contribution in [0.15, 0.2) is 54.6 Å². The van der Waals surface area contributed by atoms with Crippen molar-refractivity contribution >= 4 is 11.7 Å². The Bertz CT molecular complexity index is 606. The first-order valence-electron chi connectivity index (χ1n) is 7.94. The lowest BCUT2D eigenvalue weighted by atomic mass is 10.1. The molecule has 0 aromatic heterocycles. The van der Waals surface area contributed by atoms with Gasteiger partial charge in [-0.05, 0) is 23.3 Å². The molecule has 5 heteroatoms. The summed E-state index contributed by atoms with van der Waals surface area (Å²) in [6.45, 7) is 2.02. The zero-order chi connectivity index (χ0) is 17.2. The van der Waals surface area contributed by atoms with Crippen molar-refractivity contribution in [3.8, 4) is 11.1 Å². The Morgan fingerprint density at radius 1 is 0.875 bits per heavy atom. The van der Waals surface area contributed by atoms with Crippen LogP contribution in [0.25, 0.3) is 11.1 Å². The van der Waals surface area contributed by atoms with Crippen LogP contribution in [0.3, 0.4) is 0 Å². The molecule has 0 spiro atoms. The Labute approximate surface area is 143 Å². The first kappa shape index (κ1) is 18.0. The maximum atomic E-state index is 12.4. The number of amides is 2. The summed E-state index contributed by atoms with van der Waals surface area (Å²) in [6.07, 6.45) is 0. The minimum Gasteiger partial charge on any atom is -0.383 e. The molecule has 0 bridgehead atoms. The summed E-state index contributed by atoms with van der Waals surface area (Å²) in [5.74, 6) is 0. The van der Waals surface area contributed by atoms with Crippen molar-refractivity contribution in [3.63, 3.8) is 0 Å². The third-order valence-corrected chi connectivity index (χ3v) is 3.66. The molecule has 2 aromatic carbocycles. The standard InChI is InChI=1S/C19H24N2O3/c1-23-14-12-21(13-15-24-2)19(22)20-18-10-8-17(9-11-18)16-6-4-3-5-7-16/h3-11H,12-15H2,1-2H3,(H,20,22). The van der Waals surface area contributed by atoms with Crippen LogP contribution in [0, 0.1) is 0 Å². The van der Waals surface area contributed by atoms with Gasteiger partial charge in [0.2, 0.25) is 0 Å². The Kier molecular flexibility index (Phi) is 7.26. The third kappa shape index (κ3) is 5.37. The average molecular weight is 328 g/mol. The van der Waals surface area contributed by atoms with Crippen molar-refractivity contribution < 1.29 is 14.3 Å². The summed E-state index contributed by atoms with van der Waals surface area (Å²) < 4.78 is 10.1. The average Bonchev–Trinajstić information content (AvgIpc) is 2.63. The van der Waals surface area contributed by atoms with Crippen LogP contribution in [0.4, 0.5) is 10.5 Å². The molecule has 2 amide bonds. The van der Waals surface area contributed by atoms with E-state index in [1.807, 2.05) is 42.5 Å². The number of anilines is 1. The highest BCUT2D eigenvalue weighted by atomic mass is 16.5. The molecule has 24 heavy (non-hydrogen) atoms. The molecule has 0 unspecified atom stereocenters. The predicted octanol–water partition coefficient (Wildman–Crippen LogP) is 3.48. The van der Waals surface area contributed by atoms with Gasteiger partial charge in [-0.3, -0.25) is 0 Å². The molecule has 0 heterocycles. The summed E-state index contributed by atoms with van der Waals surface area (Å²) in [4.78, 5) is 14.1. The van der Waals surface area contributed by atoms with Gasteiger partial charge in [0.15, 0.2) is 0 Å². The first-order valence-corrected chi connectivity index (χ1v) is 7.94. The van der Waals surface area contributed by atoms with Gasteiger partial charge < -0.3 is 19.7 Å². The molecular weight excluding hydrogens is 304 g/mol. The number of benzene rings is 2. The van der Waals surface area contributed by atoms with E-state index in [1.165, 1.54) is 0 Å². The minimum absolute atomic E-state index is 0.156. The maximum Gasteiger partial charge on any atom is 0.321 e.